The predicted molar refractivity (Wildman–Crippen MR) is 92.8 cm³/mol. The first-order chi connectivity index (χ1) is 11.5. The number of hydrogen-bond acceptors (Lipinski definition) is 2. The van der Waals surface area contributed by atoms with Gasteiger partial charge in [-0.2, -0.15) is 0 Å². The zero-order valence-electron chi connectivity index (χ0n) is 14.5. The SMILES string of the molecule is CC(C)c1ccc2c(c1)[C@H](NC(=O)[C@@H]1CC[C@H](C(=O)O)C1)CCC2. The van der Waals surface area contributed by atoms with E-state index in [0.29, 0.717) is 25.2 Å². The molecule has 0 radical (unpaired) electrons. The summed E-state index contributed by atoms with van der Waals surface area (Å²) in [5.41, 5.74) is 3.90. The molecule has 0 aliphatic heterocycles. The van der Waals surface area contributed by atoms with E-state index in [1.165, 1.54) is 16.7 Å². The molecule has 0 saturated heterocycles. The highest BCUT2D eigenvalue weighted by molar-refractivity contribution is 5.81. The Morgan fingerprint density at radius 1 is 1.17 bits per heavy atom. The summed E-state index contributed by atoms with van der Waals surface area (Å²) in [4.78, 5) is 23.7. The number of fused-ring (bicyclic) bond motifs is 1. The summed E-state index contributed by atoms with van der Waals surface area (Å²) in [7, 11) is 0. The van der Waals surface area contributed by atoms with E-state index in [1.54, 1.807) is 0 Å². The summed E-state index contributed by atoms with van der Waals surface area (Å²) in [5, 5.41) is 12.3. The van der Waals surface area contributed by atoms with Crippen molar-refractivity contribution in [3.63, 3.8) is 0 Å². The van der Waals surface area contributed by atoms with E-state index in [1.807, 2.05) is 0 Å². The lowest BCUT2D eigenvalue weighted by Gasteiger charge is -2.28. The Balaban J connectivity index is 1.72. The second-order valence-corrected chi connectivity index (χ2v) is 7.61. The molecule has 4 nitrogen and oxygen atoms in total. The van der Waals surface area contributed by atoms with Crippen molar-refractivity contribution < 1.29 is 14.7 Å². The van der Waals surface area contributed by atoms with Gasteiger partial charge in [-0.15, -0.1) is 0 Å². The molecule has 1 saturated carbocycles. The molecule has 24 heavy (non-hydrogen) atoms. The van der Waals surface area contributed by atoms with Crippen LogP contribution in [-0.2, 0) is 16.0 Å². The van der Waals surface area contributed by atoms with Crippen LogP contribution in [0.3, 0.4) is 0 Å². The van der Waals surface area contributed by atoms with Crippen LogP contribution in [-0.4, -0.2) is 17.0 Å². The van der Waals surface area contributed by atoms with Gasteiger partial charge in [0.2, 0.25) is 5.91 Å². The number of hydrogen-bond donors (Lipinski definition) is 2. The average molecular weight is 329 g/mol. The molecule has 2 N–H and O–H groups in total. The van der Waals surface area contributed by atoms with E-state index in [4.69, 9.17) is 5.11 Å². The molecular formula is C20H27NO3. The number of carbonyl (C=O) groups is 2. The van der Waals surface area contributed by atoms with Crippen molar-refractivity contribution in [1.82, 2.24) is 5.32 Å². The average Bonchev–Trinajstić information content (AvgIpc) is 3.05. The van der Waals surface area contributed by atoms with Gasteiger partial charge in [-0.1, -0.05) is 32.0 Å². The summed E-state index contributed by atoms with van der Waals surface area (Å²) >= 11 is 0. The molecule has 0 unspecified atom stereocenters. The predicted octanol–water partition coefficient (Wildman–Crippen LogP) is 3.80. The Kier molecular flexibility index (Phi) is 4.93. The number of aliphatic carboxylic acids is 1. The van der Waals surface area contributed by atoms with Crippen LogP contribution < -0.4 is 5.32 Å². The van der Waals surface area contributed by atoms with E-state index in [2.05, 4.69) is 37.4 Å². The lowest BCUT2D eigenvalue weighted by Crippen LogP contribution is -2.35. The van der Waals surface area contributed by atoms with Gasteiger partial charge in [0.15, 0.2) is 0 Å². The maximum atomic E-state index is 12.6. The second kappa shape index (κ2) is 6.96. The van der Waals surface area contributed by atoms with Crippen LogP contribution >= 0.6 is 0 Å². The zero-order chi connectivity index (χ0) is 17.3. The minimum atomic E-state index is -0.769. The van der Waals surface area contributed by atoms with Crippen molar-refractivity contribution in [3.8, 4) is 0 Å². The third-order valence-corrected chi connectivity index (χ3v) is 5.62. The number of carbonyl (C=O) groups excluding carboxylic acids is 1. The van der Waals surface area contributed by atoms with E-state index in [-0.39, 0.29) is 23.8 Å². The molecule has 0 heterocycles. The van der Waals surface area contributed by atoms with Crippen LogP contribution in [0, 0.1) is 11.8 Å². The number of carboxylic acid groups (broad SMARTS) is 1. The van der Waals surface area contributed by atoms with Gasteiger partial charge in [0.25, 0.3) is 0 Å². The van der Waals surface area contributed by atoms with Crippen molar-refractivity contribution in [2.45, 2.75) is 64.3 Å². The smallest absolute Gasteiger partial charge is 0.306 e. The minimum Gasteiger partial charge on any atom is -0.481 e. The molecule has 130 valence electrons. The quantitative estimate of drug-likeness (QED) is 0.883. The lowest BCUT2D eigenvalue weighted by molar-refractivity contribution is -0.141. The van der Waals surface area contributed by atoms with Crippen molar-refractivity contribution in [2.24, 2.45) is 11.8 Å². The normalized spacial score (nSPS) is 26.2. The Hall–Kier alpha value is -1.84. The maximum absolute atomic E-state index is 12.6. The first kappa shape index (κ1) is 17.0. The van der Waals surface area contributed by atoms with Gasteiger partial charge in [-0.3, -0.25) is 9.59 Å². The highest BCUT2D eigenvalue weighted by Gasteiger charge is 2.35. The number of rotatable bonds is 4. The molecule has 0 aromatic heterocycles. The molecular weight excluding hydrogens is 302 g/mol. The molecule has 3 atom stereocenters. The Morgan fingerprint density at radius 3 is 2.58 bits per heavy atom. The number of benzene rings is 1. The summed E-state index contributed by atoms with van der Waals surface area (Å²) < 4.78 is 0. The van der Waals surface area contributed by atoms with Crippen molar-refractivity contribution in [1.29, 1.82) is 0 Å². The number of carboxylic acids is 1. The highest BCUT2D eigenvalue weighted by Crippen LogP contribution is 2.35. The standard InChI is InChI=1S/C20H27NO3/c1-12(2)14-7-6-13-4-3-5-18(17(13)11-14)21-19(22)15-8-9-16(10-15)20(23)24/h6-7,11-12,15-16,18H,3-5,8-10H2,1-2H3,(H,21,22)(H,23,24)/t15-,16+,18-/m1/s1. The summed E-state index contributed by atoms with van der Waals surface area (Å²) in [6.07, 6.45) is 4.91. The van der Waals surface area contributed by atoms with Crippen LogP contribution in [0.15, 0.2) is 18.2 Å². The minimum absolute atomic E-state index is 0.0338. The topological polar surface area (TPSA) is 66.4 Å². The van der Waals surface area contributed by atoms with Gasteiger partial charge in [0, 0.05) is 5.92 Å². The zero-order valence-corrected chi connectivity index (χ0v) is 14.5. The third kappa shape index (κ3) is 3.47. The lowest BCUT2D eigenvalue weighted by atomic mass is 9.84. The van der Waals surface area contributed by atoms with Gasteiger partial charge in [-0.25, -0.2) is 0 Å². The first-order valence-electron chi connectivity index (χ1n) is 9.11. The van der Waals surface area contributed by atoms with E-state index < -0.39 is 5.97 Å². The number of amides is 1. The summed E-state index contributed by atoms with van der Waals surface area (Å²) in [6, 6.07) is 6.73. The maximum Gasteiger partial charge on any atom is 0.306 e. The monoisotopic (exact) mass is 329 g/mol. The van der Waals surface area contributed by atoms with Gasteiger partial charge in [-0.05, 0) is 61.1 Å². The highest BCUT2D eigenvalue weighted by atomic mass is 16.4. The molecule has 2 aliphatic carbocycles. The van der Waals surface area contributed by atoms with E-state index >= 15 is 0 Å². The van der Waals surface area contributed by atoms with Crippen LogP contribution in [0.5, 0.6) is 0 Å². The van der Waals surface area contributed by atoms with Gasteiger partial charge < -0.3 is 10.4 Å². The molecule has 1 fully saturated rings. The fourth-order valence-corrected chi connectivity index (χ4v) is 4.06. The van der Waals surface area contributed by atoms with Crippen molar-refractivity contribution >= 4 is 11.9 Å². The molecule has 1 aromatic rings. The third-order valence-electron chi connectivity index (χ3n) is 5.62. The van der Waals surface area contributed by atoms with Crippen LogP contribution in [0.25, 0.3) is 0 Å². The first-order valence-corrected chi connectivity index (χ1v) is 9.11. The fraction of sp³-hybridized carbons (Fsp3) is 0.600. The fourth-order valence-electron chi connectivity index (χ4n) is 4.06. The molecule has 2 aliphatic rings. The Labute approximate surface area is 143 Å². The van der Waals surface area contributed by atoms with Crippen molar-refractivity contribution in [3.05, 3.63) is 34.9 Å². The van der Waals surface area contributed by atoms with Gasteiger partial charge >= 0.3 is 5.97 Å². The van der Waals surface area contributed by atoms with Crippen LogP contribution in [0.4, 0.5) is 0 Å². The van der Waals surface area contributed by atoms with E-state index in [9.17, 15) is 9.59 Å². The van der Waals surface area contributed by atoms with Gasteiger partial charge in [0.1, 0.15) is 0 Å². The Morgan fingerprint density at radius 2 is 1.92 bits per heavy atom. The summed E-state index contributed by atoms with van der Waals surface area (Å²) in [6.45, 7) is 4.37. The van der Waals surface area contributed by atoms with Crippen LogP contribution in [0.1, 0.15) is 74.6 Å². The van der Waals surface area contributed by atoms with Crippen LogP contribution in [0.2, 0.25) is 0 Å². The Bertz CT molecular complexity index is 638. The second-order valence-electron chi connectivity index (χ2n) is 7.61. The molecule has 1 amide bonds. The van der Waals surface area contributed by atoms with Gasteiger partial charge in [0.05, 0.1) is 12.0 Å². The number of nitrogens with one attached hydrogen (secondary N) is 1. The number of aryl methyl sites for hydroxylation is 1. The molecule has 0 bridgehead atoms. The molecule has 3 rings (SSSR count). The molecule has 0 spiro atoms. The van der Waals surface area contributed by atoms with E-state index in [0.717, 1.165) is 19.3 Å². The molecule has 4 heteroatoms. The molecule has 1 aromatic carbocycles. The summed E-state index contributed by atoms with van der Waals surface area (Å²) in [5.74, 6) is -0.766. The largest absolute Gasteiger partial charge is 0.481 e. The van der Waals surface area contributed by atoms with Crippen molar-refractivity contribution in [2.75, 3.05) is 0 Å².